The molecule has 90 valence electrons. The number of likely N-dealkylation sites (N-methyl/N-ethyl adjacent to an activating group) is 1. The third-order valence-corrected chi connectivity index (χ3v) is 2.68. The molecule has 1 aromatic rings. The van der Waals surface area contributed by atoms with Crippen molar-refractivity contribution in [2.75, 3.05) is 6.54 Å². The maximum atomic E-state index is 11.5. The van der Waals surface area contributed by atoms with Crippen LogP contribution in [0.4, 0.5) is 0 Å². The minimum atomic E-state index is -0.752. The SMILES string of the molecule is CCNC(C)(Cn1nc(C)cc1C)C(N)=O. The molecule has 0 radical (unpaired) electrons. The van der Waals surface area contributed by atoms with Gasteiger partial charge in [-0.05, 0) is 33.4 Å². The van der Waals surface area contributed by atoms with E-state index < -0.39 is 5.54 Å². The lowest BCUT2D eigenvalue weighted by Crippen LogP contribution is -2.56. The van der Waals surface area contributed by atoms with Crippen molar-refractivity contribution in [3.63, 3.8) is 0 Å². The number of aromatic nitrogens is 2. The third kappa shape index (κ3) is 2.61. The number of rotatable bonds is 5. The Labute approximate surface area is 96.0 Å². The summed E-state index contributed by atoms with van der Waals surface area (Å²) >= 11 is 0. The quantitative estimate of drug-likeness (QED) is 0.758. The van der Waals surface area contributed by atoms with Gasteiger partial charge in [-0.1, -0.05) is 6.92 Å². The fourth-order valence-corrected chi connectivity index (χ4v) is 1.75. The number of nitrogens with zero attached hydrogens (tertiary/aromatic N) is 2. The molecular weight excluding hydrogens is 204 g/mol. The lowest BCUT2D eigenvalue weighted by Gasteiger charge is -2.27. The van der Waals surface area contributed by atoms with Crippen LogP contribution in [0.1, 0.15) is 25.2 Å². The number of amides is 1. The molecule has 16 heavy (non-hydrogen) atoms. The topological polar surface area (TPSA) is 72.9 Å². The molecule has 3 N–H and O–H groups in total. The second-order valence-corrected chi connectivity index (χ2v) is 4.31. The Morgan fingerprint density at radius 2 is 2.25 bits per heavy atom. The molecule has 1 rings (SSSR count). The predicted molar refractivity (Wildman–Crippen MR) is 63.0 cm³/mol. The van der Waals surface area contributed by atoms with E-state index in [0.717, 1.165) is 11.4 Å². The lowest BCUT2D eigenvalue weighted by molar-refractivity contribution is -0.124. The molecule has 1 heterocycles. The Hall–Kier alpha value is -1.36. The molecule has 1 atom stereocenters. The monoisotopic (exact) mass is 224 g/mol. The zero-order valence-electron chi connectivity index (χ0n) is 10.4. The fourth-order valence-electron chi connectivity index (χ4n) is 1.75. The lowest BCUT2D eigenvalue weighted by atomic mass is 10.0. The number of aryl methyl sites for hydroxylation is 2. The van der Waals surface area contributed by atoms with E-state index in [0.29, 0.717) is 13.1 Å². The van der Waals surface area contributed by atoms with Crippen molar-refractivity contribution in [1.29, 1.82) is 0 Å². The van der Waals surface area contributed by atoms with Gasteiger partial charge in [-0.2, -0.15) is 5.10 Å². The van der Waals surface area contributed by atoms with Crippen molar-refractivity contribution in [2.45, 2.75) is 39.8 Å². The highest BCUT2D eigenvalue weighted by Crippen LogP contribution is 2.10. The van der Waals surface area contributed by atoms with E-state index in [9.17, 15) is 4.79 Å². The van der Waals surface area contributed by atoms with E-state index in [4.69, 9.17) is 5.73 Å². The summed E-state index contributed by atoms with van der Waals surface area (Å²) in [4.78, 5) is 11.5. The molecule has 0 bridgehead atoms. The fraction of sp³-hybridized carbons (Fsp3) is 0.636. The molecular formula is C11H20N4O. The molecule has 0 fully saturated rings. The van der Waals surface area contributed by atoms with Crippen LogP contribution >= 0.6 is 0 Å². The van der Waals surface area contributed by atoms with E-state index in [1.165, 1.54) is 0 Å². The number of nitrogens with two attached hydrogens (primary N) is 1. The highest BCUT2D eigenvalue weighted by Gasteiger charge is 2.31. The van der Waals surface area contributed by atoms with Crippen LogP contribution in [0, 0.1) is 13.8 Å². The molecule has 0 saturated carbocycles. The third-order valence-electron chi connectivity index (χ3n) is 2.68. The first-order valence-corrected chi connectivity index (χ1v) is 5.45. The number of carbonyl (C=O) groups is 1. The standard InChI is InChI=1S/C11H20N4O/c1-5-13-11(4,10(12)16)7-15-9(3)6-8(2)14-15/h6,13H,5,7H2,1-4H3,(H2,12,16). The van der Waals surface area contributed by atoms with Gasteiger partial charge in [0, 0.05) is 5.69 Å². The van der Waals surface area contributed by atoms with Crippen LogP contribution in [0.15, 0.2) is 6.07 Å². The Morgan fingerprint density at radius 1 is 1.62 bits per heavy atom. The van der Waals surface area contributed by atoms with Crippen molar-refractivity contribution >= 4 is 5.91 Å². The maximum Gasteiger partial charge on any atom is 0.239 e. The molecule has 5 nitrogen and oxygen atoms in total. The van der Waals surface area contributed by atoms with Crippen LogP contribution in [0.25, 0.3) is 0 Å². The Balaban J connectivity index is 2.92. The highest BCUT2D eigenvalue weighted by molar-refractivity contribution is 5.84. The normalized spacial score (nSPS) is 14.8. The van der Waals surface area contributed by atoms with Crippen molar-refractivity contribution in [3.05, 3.63) is 17.5 Å². The molecule has 0 spiro atoms. The molecule has 0 saturated heterocycles. The Bertz CT molecular complexity index is 385. The van der Waals surface area contributed by atoms with E-state index in [1.54, 1.807) is 6.92 Å². The van der Waals surface area contributed by atoms with Gasteiger partial charge in [0.25, 0.3) is 0 Å². The number of hydrogen-bond acceptors (Lipinski definition) is 3. The van der Waals surface area contributed by atoms with Crippen molar-refractivity contribution in [1.82, 2.24) is 15.1 Å². The molecule has 0 aliphatic carbocycles. The first kappa shape index (κ1) is 12.7. The van der Waals surface area contributed by atoms with Crippen molar-refractivity contribution < 1.29 is 4.79 Å². The van der Waals surface area contributed by atoms with Crippen molar-refractivity contribution in [3.8, 4) is 0 Å². The van der Waals surface area contributed by atoms with Gasteiger partial charge in [0.2, 0.25) is 5.91 Å². The molecule has 0 aromatic carbocycles. The van der Waals surface area contributed by atoms with Gasteiger partial charge in [0.05, 0.1) is 12.2 Å². The number of hydrogen-bond donors (Lipinski definition) is 2. The summed E-state index contributed by atoms with van der Waals surface area (Å²) in [6.45, 7) is 8.79. The number of primary amides is 1. The van der Waals surface area contributed by atoms with Gasteiger partial charge in [-0.3, -0.25) is 9.48 Å². The van der Waals surface area contributed by atoms with Gasteiger partial charge in [0.1, 0.15) is 5.54 Å². The van der Waals surface area contributed by atoms with Crippen LogP contribution in [0.3, 0.4) is 0 Å². The summed E-state index contributed by atoms with van der Waals surface area (Å²) in [6.07, 6.45) is 0. The minimum absolute atomic E-state index is 0.359. The van der Waals surface area contributed by atoms with Crippen LogP contribution in [-0.2, 0) is 11.3 Å². The average Bonchev–Trinajstić information content (AvgIpc) is 2.45. The summed E-state index contributed by atoms with van der Waals surface area (Å²) < 4.78 is 1.81. The summed E-state index contributed by atoms with van der Waals surface area (Å²) in [5, 5.41) is 7.44. The maximum absolute atomic E-state index is 11.5. The van der Waals surface area contributed by atoms with Gasteiger partial charge >= 0.3 is 0 Å². The van der Waals surface area contributed by atoms with E-state index in [-0.39, 0.29) is 5.91 Å². The molecule has 1 aromatic heterocycles. The Morgan fingerprint density at radius 3 is 2.62 bits per heavy atom. The van der Waals surface area contributed by atoms with E-state index in [2.05, 4.69) is 10.4 Å². The average molecular weight is 224 g/mol. The first-order chi connectivity index (χ1) is 7.39. The molecule has 5 heteroatoms. The first-order valence-electron chi connectivity index (χ1n) is 5.45. The summed E-state index contributed by atoms with van der Waals surface area (Å²) in [5.41, 5.74) is 6.64. The van der Waals surface area contributed by atoms with Crippen LogP contribution in [0.2, 0.25) is 0 Å². The van der Waals surface area contributed by atoms with Gasteiger partial charge in [0.15, 0.2) is 0 Å². The smallest absolute Gasteiger partial charge is 0.239 e. The molecule has 1 unspecified atom stereocenters. The molecule has 0 aliphatic heterocycles. The van der Waals surface area contributed by atoms with E-state index >= 15 is 0 Å². The van der Waals surface area contributed by atoms with Crippen LogP contribution in [-0.4, -0.2) is 27.8 Å². The molecule has 0 aliphatic rings. The van der Waals surface area contributed by atoms with Gasteiger partial charge < -0.3 is 11.1 Å². The second kappa shape index (κ2) is 4.65. The zero-order valence-corrected chi connectivity index (χ0v) is 10.4. The van der Waals surface area contributed by atoms with Gasteiger partial charge in [-0.15, -0.1) is 0 Å². The summed E-state index contributed by atoms with van der Waals surface area (Å²) in [5.74, 6) is -0.359. The Kier molecular flexibility index (Phi) is 3.70. The highest BCUT2D eigenvalue weighted by atomic mass is 16.1. The summed E-state index contributed by atoms with van der Waals surface area (Å²) in [6, 6.07) is 1.98. The number of nitrogens with one attached hydrogen (secondary N) is 1. The second-order valence-electron chi connectivity index (χ2n) is 4.31. The van der Waals surface area contributed by atoms with Crippen LogP contribution < -0.4 is 11.1 Å². The van der Waals surface area contributed by atoms with Crippen LogP contribution in [0.5, 0.6) is 0 Å². The predicted octanol–water partition coefficient (Wildman–Crippen LogP) is 0.353. The largest absolute Gasteiger partial charge is 0.368 e. The van der Waals surface area contributed by atoms with Crippen molar-refractivity contribution in [2.24, 2.45) is 5.73 Å². The minimum Gasteiger partial charge on any atom is -0.368 e. The zero-order chi connectivity index (χ0) is 12.3. The number of carbonyl (C=O) groups excluding carboxylic acids is 1. The summed E-state index contributed by atoms with van der Waals surface area (Å²) in [7, 11) is 0. The van der Waals surface area contributed by atoms with E-state index in [1.807, 2.05) is 31.5 Å². The molecule has 1 amide bonds. The van der Waals surface area contributed by atoms with Gasteiger partial charge in [-0.25, -0.2) is 0 Å².